The van der Waals surface area contributed by atoms with Crippen molar-refractivity contribution in [2.45, 2.75) is 77.7 Å². The van der Waals surface area contributed by atoms with E-state index in [1.165, 1.54) is 57.8 Å². The van der Waals surface area contributed by atoms with E-state index in [0.717, 1.165) is 17.7 Å². The van der Waals surface area contributed by atoms with Gasteiger partial charge in [-0.2, -0.15) is 0 Å². The lowest BCUT2D eigenvalue weighted by Crippen LogP contribution is -2.08. The fourth-order valence-electron chi connectivity index (χ4n) is 3.98. The molecule has 4 nitrogen and oxygen atoms in total. The summed E-state index contributed by atoms with van der Waals surface area (Å²) in [6, 6.07) is 24.2. The molecule has 0 saturated heterocycles. The third-order valence-electron chi connectivity index (χ3n) is 6.14. The Labute approximate surface area is 216 Å². The molecule has 0 aliphatic heterocycles. The highest BCUT2D eigenvalue weighted by atomic mass is 16.5. The molecule has 0 N–H and O–H groups in total. The molecule has 0 amide bonds. The molecule has 0 aliphatic rings. The monoisotopic (exact) mass is 488 g/mol. The maximum atomic E-state index is 12.5. The molecule has 0 aromatic heterocycles. The highest BCUT2D eigenvalue weighted by Gasteiger charge is 2.09. The molecule has 0 saturated carbocycles. The molecule has 4 heteroatoms. The Morgan fingerprint density at radius 1 is 0.583 bits per heavy atom. The number of carbonyl (C=O) groups is 1. The van der Waals surface area contributed by atoms with Gasteiger partial charge in [-0.3, -0.25) is 0 Å². The lowest BCUT2D eigenvalue weighted by atomic mass is 10.1. The van der Waals surface area contributed by atoms with Crippen molar-refractivity contribution in [3.63, 3.8) is 0 Å². The second kappa shape index (κ2) is 16.4. The SMILES string of the molecule is CCCCCCCCCCCCOc1ccc(OC(=O)c2ccc(OCc3ccccc3)cc2)cc1. The van der Waals surface area contributed by atoms with E-state index in [1.807, 2.05) is 42.5 Å². The number of hydrogen-bond acceptors (Lipinski definition) is 4. The van der Waals surface area contributed by atoms with Crippen LogP contribution in [0.3, 0.4) is 0 Å². The van der Waals surface area contributed by atoms with Crippen LogP contribution in [-0.4, -0.2) is 12.6 Å². The van der Waals surface area contributed by atoms with Gasteiger partial charge in [0.25, 0.3) is 0 Å². The number of ether oxygens (including phenoxy) is 3. The second-order valence-electron chi connectivity index (χ2n) is 9.19. The van der Waals surface area contributed by atoms with E-state index in [2.05, 4.69) is 6.92 Å². The standard InChI is InChI=1S/C32H40O4/c1-2-3-4-5-6-7-8-9-10-14-25-34-29-21-23-31(24-22-29)36-32(33)28-17-19-30(20-18-28)35-26-27-15-12-11-13-16-27/h11-13,15-24H,2-10,14,25-26H2,1H3. The van der Waals surface area contributed by atoms with Crippen molar-refractivity contribution in [2.24, 2.45) is 0 Å². The Morgan fingerprint density at radius 2 is 1.11 bits per heavy atom. The second-order valence-corrected chi connectivity index (χ2v) is 9.19. The van der Waals surface area contributed by atoms with Crippen molar-refractivity contribution >= 4 is 5.97 Å². The van der Waals surface area contributed by atoms with Crippen molar-refractivity contribution in [3.05, 3.63) is 90.0 Å². The molecule has 3 aromatic rings. The summed E-state index contributed by atoms with van der Waals surface area (Å²) in [7, 11) is 0. The molecule has 0 bridgehead atoms. The maximum Gasteiger partial charge on any atom is 0.343 e. The summed E-state index contributed by atoms with van der Waals surface area (Å²) in [6.45, 7) is 3.46. The zero-order chi connectivity index (χ0) is 25.3. The van der Waals surface area contributed by atoms with Crippen LogP contribution in [0.2, 0.25) is 0 Å². The molecular weight excluding hydrogens is 448 g/mol. The summed E-state index contributed by atoms with van der Waals surface area (Å²) in [4.78, 5) is 12.5. The summed E-state index contributed by atoms with van der Waals surface area (Å²) in [5.74, 6) is 1.60. The zero-order valence-electron chi connectivity index (χ0n) is 21.6. The van der Waals surface area contributed by atoms with Crippen LogP contribution in [0.4, 0.5) is 0 Å². The molecule has 0 spiro atoms. The van der Waals surface area contributed by atoms with Crippen molar-refractivity contribution in [1.82, 2.24) is 0 Å². The number of unbranched alkanes of at least 4 members (excludes halogenated alkanes) is 9. The Hall–Kier alpha value is -3.27. The fourth-order valence-corrected chi connectivity index (χ4v) is 3.98. The fraction of sp³-hybridized carbons (Fsp3) is 0.406. The molecule has 0 heterocycles. The van der Waals surface area contributed by atoms with Crippen LogP contribution in [0.1, 0.15) is 87.1 Å². The van der Waals surface area contributed by atoms with Gasteiger partial charge in [0.2, 0.25) is 0 Å². The van der Waals surface area contributed by atoms with Gasteiger partial charge in [0, 0.05) is 0 Å². The molecule has 36 heavy (non-hydrogen) atoms. The normalized spacial score (nSPS) is 10.7. The predicted octanol–water partition coefficient (Wildman–Crippen LogP) is 8.78. The van der Waals surface area contributed by atoms with Crippen molar-refractivity contribution in [3.8, 4) is 17.2 Å². The first-order chi connectivity index (χ1) is 17.7. The molecule has 0 atom stereocenters. The molecule has 0 fully saturated rings. The van der Waals surface area contributed by atoms with Gasteiger partial charge in [-0.25, -0.2) is 4.79 Å². The largest absolute Gasteiger partial charge is 0.494 e. The minimum Gasteiger partial charge on any atom is -0.494 e. The lowest BCUT2D eigenvalue weighted by molar-refractivity contribution is 0.0734. The first-order valence-corrected chi connectivity index (χ1v) is 13.5. The van der Waals surface area contributed by atoms with Gasteiger partial charge in [-0.1, -0.05) is 95.0 Å². The van der Waals surface area contributed by atoms with Gasteiger partial charge in [-0.15, -0.1) is 0 Å². The number of rotatable bonds is 17. The molecule has 3 aromatic carbocycles. The quantitative estimate of drug-likeness (QED) is 0.108. The topological polar surface area (TPSA) is 44.8 Å². The van der Waals surface area contributed by atoms with Gasteiger partial charge in [0.1, 0.15) is 23.9 Å². The van der Waals surface area contributed by atoms with Gasteiger partial charge in [0.05, 0.1) is 12.2 Å². The Balaban J connectivity index is 1.29. The van der Waals surface area contributed by atoms with Crippen LogP contribution in [0.5, 0.6) is 17.2 Å². The van der Waals surface area contributed by atoms with Crippen LogP contribution in [0.25, 0.3) is 0 Å². The Morgan fingerprint density at radius 3 is 1.75 bits per heavy atom. The lowest BCUT2D eigenvalue weighted by Gasteiger charge is -2.09. The summed E-state index contributed by atoms with van der Waals surface area (Å²) in [5, 5.41) is 0. The van der Waals surface area contributed by atoms with Crippen LogP contribution >= 0.6 is 0 Å². The van der Waals surface area contributed by atoms with Gasteiger partial charge < -0.3 is 14.2 Å². The van der Waals surface area contributed by atoms with E-state index in [-0.39, 0.29) is 0 Å². The molecule has 0 radical (unpaired) electrons. The van der Waals surface area contributed by atoms with Crippen molar-refractivity contribution in [2.75, 3.05) is 6.61 Å². The summed E-state index contributed by atoms with van der Waals surface area (Å²) in [5.41, 5.74) is 1.57. The zero-order valence-corrected chi connectivity index (χ0v) is 21.6. The van der Waals surface area contributed by atoms with E-state index in [9.17, 15) is 4.79 Å². The summed E-state index contributed by atoms with van der Waals surface area (Å²) >= 11 is 0. The summed E-state index contributed by atoms with van der Waals surface area (Å²) in [6.07, 6.45) is 13.1. The van der Waals surface area contributed by atoms with E-state index < -0.39 is 5.97 Å². The van der Waals surface area contributed by atoms with Crippen molar-refractivity contribution < 1.29 is 19.0 Å². The molecule has 0 unspecified atom stereocenters. The molecule has 0 aliphatic carbocycles. The van der Waals surface area contributed by atoms with Gasteiger partial charge in [0.15, 0.2) is 0 Å². The number of esters is 1. The molecule has 3 rings (SSSR count). The van der Waals surface area contributed by atoms with E-state index in [0.29, 0.717) is 30.3 Å². The smallest absolute Gasteiger partial charge is 0.343 e. The van der Waals surface area contributed by atoms with E-state index >= 15 is 0 Å². The average Bonchev–Trinajstić information content (AvgIpc) is 2.92. The molecular formula is C32H40O4. The average molecular weight is 489 g/mol. The highest BCUT2D eigenvalue weighted by molar-refractivity contribution is 5.91. The van der Waals surface area contributed by atoms with Crippen LogP contribution in [0.15, 0.2) is 78.9 Å². The number of carbonyl (C=O) groups excluding carboxylic acids is 1. The number of benzene rings is 3. The van der Waals surface area contributed by atoms with Gasteiger partial charge in [-0.05, 0) is 60.5 Å². The first-order valence-electron chi connectivity index (χ1n) is 13.5. The predicted molar refractivity (Wildman–Crippen MR) is 146 cm³/mol. The summed E-state index contributed by atoms with van der Waals surface area (Å²) < 4.78 is 17.1. The minimum atomic E-state index is -0.399. The minimum absolute atomic E-state index is 0.399. The van der Waals surface area contributed by atoms with Crippen LogP contribution in [-0.2, 0) is 6.61 Å². The van der Waals surface area contributed by atoms with E-state index in [4.69, 9.17) is 14.2 Å². The van der Waals surface area contributed by atoms with Crippen LogP contribution in [0, 0.1) is 0 Å². The first kappa shape index (κ1) is 27.3. The third-order valence-corrected chi connectivity index (χ3v) is 6.14. The Kier molecular flexibility index (Phi) is 12.5. The number of hydrogen-bond donors (Lipinski definition) is 0. The molecule has 192 valence electrons. The van der Waals surface area contributed by atoms with Gasteiger partial charge >= 0.3 is 5.97 Å². The highest BCUT2D eigenvalue weighted by Crippen LogP contribution is 2.20. The van der Waals surface area contributed by atoms with Crippen LogP contribution < -0.4 is 14.2 Å². The Bertz CT molecular complexity index is 981. The van der Waals surface area contributed by atoms with E-state index in [1.54, 1.807) is 36.4 Å². The van der Waals surface area contributed by atoms with Crippen molar-refractivity contribution in [1.29, 1.82) is 0 Å². The maximum absolute atomic E-state index is 12.5. The third kappa shape index (κ3) is 10.6.